The maximum Gasteiger partial charge on any atom is 0.173 e. The van der Waals surface area contributed by atoms with Gasteiger partial charge in [0.05, 0.1) is 31.0 Å². The van der Waals surface area contributed by atoms with E-state index in [-0.39, 0.29) is 12.1 Å². The van der Waals surface area contributed by atoms with Crippen LogP contribution in [0, 0.1) is 0 Å². The molecule has 31 heavy (non-hydrogen) atoms. The van der Waals surface area contributed by atoms with Gasteiger partial charge in [0.2, 0.25) is 0 Å². The van der Waals surface area contributed by atoms with Gasteiger partial charge in [0.1, 0.15) is 5.76 Å². The summed E-state index contributed by atoms with van der Waals surface area (Å²) in [6, 6.07) is 12.2. The van der Waals surface area contributed by atoms with Crippen LogP contribution in [0.4, 0.5) is 0 Å². The highest BCUT2D eigenvalue weighted by Crippen LogP contribution is 2.35. The molecule has 8 heteroatoms. The average molecular weight is 442 g/mol. The Morgan fingerprint density at radius 1 is 1.10 bits per heavy atom. The fourth-order valence-corrected chi connectivity index (χ4v) is 5.00. The van der Waals surface area contributed by atoms with Crippen LogP contribution in [0.1, 0.15) is 67.8 Å². The van der Waals surface area contributed by atoms with E-state index in [1.54, 1.807) is 6.26 Å². The highest BCUT2D eigenvalue weighted by molar-refractivity contribution is 6.30. The number of rotatable bonds is 8. The highest BCUT2D eigenvalue weighted by Gasteiger charge is 2.33. The van der Waals surface area contributed by atoms with Gasteiger partial charge in [-0.2, -0.15) is 0 Å². The van der Waals surface area contributed by atoms with E-state index in [4.69, 9.17) is 20.8 Å². The molecule has 2 aromatic heterocycles. The molecule has 1 aromatic carbocycles. The fourth-order valence-electron chi connectivity index (χ4n) is 4.87. The third-order valence-corrected chi connectivity index (χ3v) is 6.64. The molecular formula is C23H28ClN5O2. The lowest BCUT2D eigenvalue weighted by Crippen LogP contribution is -2.37. The zero-order valence-electron chi connectivity index (χ0n) is 17.6. The number of hydrogen-bond acceptors (Lipinski definition) is 6. The van der Waals surface area contributed by atoms with Gasteiger partial charge in [-0.15, -0.1) is 5.10 Å². The first kappa shape index (κ1) is 20.7. The van der Waals surface area contributed by atoms with E-state index >= 15 is 0 Å². The van der Waals surface area contributed by atoms with Crippen LogP contribution in [0.25, 0.3) is 0 Å². The summed E-state index contributed by atoms with van der Waals surface area (Å²) in [5.41, 5.74) is 1.11. The molecule has 1 aliphatic heterocycles. The van der Waals surface area contributed by atoms with Crippen molar-refractivity contribution in [3.05, 3.63) is 64.8 Å². The van der Waals surface area contributed by atoms with Crippen LogP contribution in [0.15, 0.2) is 47.1 Å². The van der Waals surface area contributed by atoms with Crippen molar-refractivity contribution >= 4 is 11.6 Å². The summed E-state index contributed by atoms with van der Waals surface area (Å²) in [6.45, 7) is 2.26. The van der Waals surface area contributed by atoms with Gasteiger partial charge < -0.3 is 9.15 Å². The normalized spacial score (nSPS) is 20.6. The Bertz CT molecular complexity index is 947. The minimum Gasteiger partial charge on any atom is -0.468 e. The molecule has 3 heterocycles. The Balaban J connectivity index is 1.55. The molecule has 7 nitrogen and oxygen atoms in total. The summed E-state index contributed by atoms with van der Waals surface area (Å²) in [6.07, 6.45) is 8.77. The first-order valence-corrected chi connectivity index (χ1v) is 11.6. The molecule has 2 fully saturated rings. The molecule has 1 aliphatic carbocycles. The summed E-state index contributed by atoms with van der Waals surface area (Å²) >= 11 is 6.21. The van der Waals surface area contributed by atoms with E-state index in [9.17, 15) is 0 Å². The lowest BCUT2D eigenvalue weighted by molar-refractivity contribution is 0.0543. The Labute approximate surface area is 187 Å². The van der Waals surface area contributed by atoms with Gasteiger partial charge in [-0.25, -0.2) is 4.68 Å². The molecule has 2 aliphatic rings. The Kier molecular flexibility index (Phi) is 6.34. The number of hydrogen-bond donors (Lipinski definition) is 0. The number of benzene rings is 1. The SMILES string of the molecule is Clc1ccc([C@H](c2nnnn2C2CCCC2)N(Cc2ccco2)C[C@@H]2CCCO2)cc1. The van der Waals surface area contributed by atoms with Gasteiger partial charge in [-0.05, 0) is 65.9 Å². The van der Waals surface area contributed by atoms with Crippen molar-refractivity contribution in [1.82, 2.24) is 25.1 Å². The molecule has 5 rings (SSSR count). The van der Waals surface area contributed by atoms with Gasteiger partial charge in [-0.1, -0.05) is 36.6 Å². The number of aromatic nitrogens is 4. The van der Waals surface area contributed by atoms with E-state index in [0.717, 1.165) is 61.0 Å². The van der Waals surface area contributed by atoms with Gasteiger partial charge in [-0.3, -0.25) is 4.90 Å². The molecule has 3 aromatic rings. The minimum atomic E-state index is -0.123. The van der Waals surface area contributed by atoms with Crippen LogP contribution in [0.3, 0.4) is 0 Å². The monoisotopic (exact) mass is 441 g/mol. The molecule has 0 N–H and O–H groups in total. The van der Waals surface area contributed by atoms with Gasteiger partial charge in [0.25, 0.3) is 0 Å². The van der Waals surface area contributed by atoms with E-state index in [1.807, 2.05) is 24.3 Å². The van der Waals surface area contributed by atoms with Crippen LogP contribution in [0.5, 0.6) is 0 Å². The molecule has 0 amide bonds. The summed E-state index contributed by atoms with van der Waals surface area (Å²) in [7, 11) is 0. The summed E-state index contributed by atoms with van der Waals surface area (Å²) in [5.74, 6) is 1.79. The molecule has 0 spiro atoms. The number of halogens is 1. The molecule has 164 valence electrons. The Morgan fingerprint density at radius 3 is 2.65 bits per heavy atom. The van der Waals surface area contributed by atoms with Crippen LogP contribution >= 0.6 is 11.6 Å². The number of tetrazole rings is 1. The molecule has 2 atom stereocenters. The van der Waals surface area contributed by atoms with Crippen LogP contribution in [-0.4, -0.2) is 44.4 Å². The van der Waals surface area contributed by atoms with E-state index < -0.39 is 0 Å². The van der Waals surface area contributed by atoms with Crippen molar-refractivity contribution in [2.75, 3.05) is 13.2 Å². The Hall–Kier alpha value is -2.22. The summed E-state index contributed by atoms with van der Waals surface area (Å²) < 4.78 is 13.8. The minimum absolute atomic E-state index is 0.123. The fraction of sp³-hybridized carbons (Fsp3) is 0.522. The highest BCUT2D eigenvalue weighted by atomic mass is 35.5. The smallest absolute Gasteiger partial charge is 0.173 e. The van der Waals surface area contributed by atoms with Crippen molar-refractivity contribution in [2.45, 2.75) is 63.3 Å². The maximum atomic E-state index is 6.21. The molecule has 1 saturated heterocycles. The van der Waals surface area contributed by atoms with E-state index in [2.05, 4.69) is 37.2 Å². The van der Waals surface area contributed by atoms with Crippen LogP contribution < -0.4 is 0 Å². The third-order valence-electron chi connectivity index (χ3n) is 6.39. The lowest BCUT2D eigenvalue weighted by atomic mass is 10.0. The second-order valence-corrected chi connectivity index (χ2v) is 8.95. The first-order valence-electron chi connectivity index (χ1n) is 11.2. The zero-order valence-corrected chi connectivity index (χ0v) is 18.3. The molecular weight excluding hydrogens is 414 g/mol. The van der Waals surface area contributed by atoms with Gasteiger partial charge in [0.15, 0.2) is 5.82 Å². The largest absolute Gasteiger partial charge is 0.468 e. The second kappa shape index (κ2) is 9.51. The number of nitrogens with zero attached hydrogens (tertiary/aromatic N) is 5. The quantitative estimate of drug-likeness (QED) is 0.499. The van der Waals surface area contributed by atoms with Crippen molar-refractivity contribution in [1.29, 1.82) is 0 Å². The van der Waals surface area contributed by atoms with Crippen molar-refractivity contribution in [3.8, 4) is 0 Å². The molecule has 1 saturated carbocycles. The van der Waals surface area contributed by atoms with Crippen LogP contribution in [-0.2, 0) is 11.3 Å². The predicted octanol–water partition coefficient (Wildman–Crippen LogP) is 4.81. The van der Waals surface area contributed by atoms with E-state index in [1.165, 1.54) is 12.8 Å². The maximum absolute atomic E-state index is 6.21. The van der Waals surface area contributed by atoms with Crippen molar-refractivity contribution < 1.29 is 9.15 Å². The first-order chi connectivity index (χ1) is 15.3. The third kappa shape index (κ3) is 4.68. The predicted molar refractivity (Wildman–Crippen MR) is 117 cm³/mol. The van der Waals surface area contributed by atoms with Crippen LogP contribution in [0.2, 0.25) is 5.02 Å². The zero-order chi connectivity index (χ0) is 21.0. The number of furan rings is 1. The topological polar surface area (TPSA) is 69.2 Å². The summed E-state index contributed by atoms with van der Waals surface area (Å²) in [4.78, 5) is 2.38. The van der Waals surface area contributed by atoms with Crippen molar-refractivity contribution in [2.24, 2.45) is 0 Å². The molecule has 0 unspecified atom stereocenters. The van der Waals surface area contributed by atoms with Gasteiger partial charge in [0, 0.05) is 18.2 Å². The standard InChI is InChI=1S/C23H28ClN5O2/c24-18-11-9-17(10-12-18)22(23-25-26-27-29(23)19-5-1-2-6-19)28(15-20-7-3-13-30-20)16-21-8-4-14-31-21/h3,7,9-13,19,21-22H,1-2,4-6,8,14-16H2/t21-,22+/m0/s1. The lowest BCUT2D eigenvalue weighted by Gasteiger charge is -2.33. The number of ether oxygens (including phenoxy) is 1. The van der Waals surface area contributed by atoms with Gasteiger partial charge >= 0.3 is 0 Å². The molecule has 0 bridgehead atoms. The Morgan fingerprint density at radius 2 is 1.94 bits per heavy atom. The van der Waals surface area contributed by atoms with Crippen molar-refractivity contribution in [3.63, 3.8) is 0 Å². The van der Waals surface area contributed by atoms with E-state index in [0.29, 0.717) is 12.6 Å². The molecule has 0 radical (unpaired) electrons. The summed E-state index contributed by atoms with van der Waals surface area (Å²) in [5, 5.41) is 13.8. The average Bonchev–Trinajstić information content (AvgIpc) is 3.57. The second-order valence-electron chi connectivity index (χ2n) is 8.52.